The highest BCUT2D eigenvalue weighted by Gasteiger charge is 2.26. The number of anilines is 2. The van der Waals surface area contributed by atoms with Crippen LogP contribution in [0.15, 0.2) is 59.4 Å². The van der Waals surface area contributed by atoms with Crippen LogP contribution in [0, 0.1) is 5.92 Å². The second-order valence-corrected chi connectivity index (χ2v) is 8.33. The first-order chi connectivity index (χ1) is 14.7. The maximum Gasteiger partial charge on any atom is 0.272 e. The number of hydrogen-bond acceptors (Lipinski definition) is 4. The highest BCUT2D eigenvalue weighted by Crippen LogP contribution is 2.30. The van der Waals surface area contributed by atoms with Gasteiger partial charge in [-0.25, -0.2) is 0 Å². The first kappa shape index (κ1) is 18.9. The van der Waals surface area contributed by atoms with E-state index in [1.165, 1.54) is 19.4 Å². The van der Waals surface area contributed by atoms with Gasteiger partial charge >= 0.3 is 0 Å². The minimum absolute atomic E-state index is 0.254. The summed E-state index contributed by atoms with van der Waals surface area (Å²) in [6, 6.07) is 16.9. The number of nitrogens with zero attached hydrogens (tertiary/aromatic N) is 2. The Morgan fingerprint density at radius 2 is 1.80 bits per heavy atom. The fourth-order valence-electron chi connectivity index (χ4n) is 4.17. The summed E-state index contributed by atoms with van der Waals surface area (Å²) in [5.41, 5.74) is 1.85. The van der Waals surface area contributed by atoms with Crippen molar-refractivity contribution in [1.82, 2.24) is 9.88 Å². The van der Waals surface area contributed by atoms with Crippen LogP contribution in [0.4, 0.5) is 11.4 Å². The van der Waals surface area contributed by atoms with Gasteiger partial charge < -0.3 is 15.2 Å². The molecule has 5 rings (SSSR count). The molecule has 154 valence electrons. The van der Waals surface area contributed by atoms with Crippen LogP contribution in [0.1, 0.15) is 23.3 Å². The van der Waals surface area contributed by atoms with Crippen molar-refractivity contribution in [2.75, 3.05) is 42.9 Å². The molecular weight excluding hydrogens is 376 g/mol. The predicted molar refractivity (Wildman–Crippen MR) is 120 cm³/mol. The molecule has 2 aliphatic rings. The van der Waals surface area contributed by atoms with Crippen LogP contribution in [0.3, 0.4) is 0 Å². The lowest BCUT2D eigenvalue weighted by Gasteiger charge is -2.36. The van der Waals surface area contributed by atoms with Crippen molar-refractivity contribution < 1.29 is 4.79 Å². The number of piperazine rings is 1. The van der Waals surface area contributed by atoms with E-state index in [4.69, 9.17) is 0 Å². The minimum atomic E-state index is -0.316. The lowest BCUT2D eigenvalue weighted by Crippen LogP contribution is -2.47. The van der Waals surface area contributed by atoms with Crippen molar-refractivity contribution in [3.8, 4) is 0 Å². The summed E-state index contributed by atoms with van der Waals surface area (Å²) in [5, 5.41) is 4.26. The molecule has 2 heterocycles. The Labute approximate surface area is 175 Å². The number of pyridine rings is 1. The Bertz CT molecular complexity index is 1130. The number of aromatic nitrogens is 1. The third-order valence-corrected chi connectivity index (χ3v) is 6.05. The third kappa shape index (κ3) is 4.09. The van der Waals surface area contributed by atoms with E-state index in [2.05, 4.69) is 26.2 Å². The van der Waals surface area contributed by atoms with Crippen molar-refractivity contribution >= 4 is 28.1 Å². The molecule has 0 atom stereocenters. The Balaban J connectivity index is 1.28. The zero-order chi connectivity index (χ0) is 20.5. The summed E-state index contributed by atoms with van der Waals surface area (Å²) in [7, 11) is 0. The van der Waals surface area contributed by atoms with Crippen molar-refractivity contribution in [2.24, 2.45) is 5.92 Å². The van der Waals surface area contributed by atoms with E-state index in [-0.39, 0.29) is 17.2 Å². The van der Waals surface area contributed by atoms with Gasteiger partial charge in [0.2, 0.25) is 0 Å². The molecule has 0 spiro atoms. The fraction of sp³-hybridized carbons (Fsp3) is 0.333. The molecule has 1 aliphatic heterocycles. The molecule has 2 aromatic carbocycles. The summed E-state index contributed by atoms with van der Waals surface area (Å²) in [5.74, 6) is 0.612. The van der Waals surface area contributed by atoms with Gasteiger partial charge in [0.1, 0.15) is 5.69 Å². The highest BCUT2D eigenvalue weighted by molar-refractivity contribution is 6.04. The topological polar surface area (TPSA) is 68.4 Å². The molecule has 3 aromatic rings. The van der Waals surface area contributed by atoms with E-state index in [1.807, 2.05) is 36.4 Å². The van der Waals surface area contributed by atoms with E-state index < -0.39 is 0 Å². The highest BCUT2D eigenvalue weighted by atomic mass is 16.2. The lowest BCUT2D eigenvalue weighted by molar-refractivity contribution is 0.102. The largest absolute Gasteiger partial charge is 0.369 e. The Morgan fingerprint density at radius 1 is 1.00 bits per heavy atom. The first-order valence-electron chi connectivity index (χ1n) is 10.7. The van der Waals surface area contributed by atoms with Crippen LogP contribution in [-0.2, 0) is 0 Å². The number of aromatic amines is 1. The van der Waals surface area contributed by atoms with E-state index >= 15 is 0 Å². The van der Waals surface area contributed by atoms with Crippen LogP contribution in [-0.4, -0.2) is 48.5 Å². The van der Waals surface area contributed by atoms with Gasteiger partial charge in [0.15, 0.2) is 0 Å². The molecule has 0 radical (unpaired) electrons. The van der Waals surface area contributed by atoms with Crippen molar-refractivity contribution in [3.05, 3.63) is 70.6 Å². The van der Waals surface area contributed by atoms with E-state index in [1.54, 1.807) is 12.1 Å². The van der Waals surface area contributed by atoms with Crippen molar-refractivity contribution in [2.45, 2.75) is 12.8 Å². The molecular formula is C24H26N4O2. The van der Waals surface area contributed by atoms with E-state index in [0.717, 1.165) is 48.9 Å². The Kier molecular flexibility index (Phi) is 5.01. The van der Waals surface area contributed by atoms with Crippen LogP contribution in [0.5, 0.6) is 0 Å². The van der Waals surface area contributed by atoms with Gasteiger partial charge in [-0.15, -0.1) is 0 Å². The van der Waals surface area contributed by atoms with Crippen LogP contribution >= 0.6 is 0 Å². The average molecular weight is 402 g/mol. The molecule has 2 fully saturated rings. The zero-order valence-corrected chi connectivity index (χ0v) is 16.9. The van der Waals surface area contributed by atoms with Crippen molar-refractivity contribution in [1.29, 1.82) is 0 Å². The molecule has 2 N–H and O–H groups in total. The molecule has 30 heavy (non-hydrogen) atoms. The van der Waals surface area contributed by atoms with Gasteiger partial charge in [-0.05, 0) is 54.5 Å². The monoisotopic (exact) mass is 402 g/mol. The lowest BCUT2D eigenvalue weighted by atomic mass is 10.1. The second kappa shape index (κ2) is 7.95. The maximum atomic E-state index is 12.7. The Morgan fingerprint density at radius 3 is 2.60 bits per heavy atom. The standard InChI is InChI=1S/C24H26N4O2/c29-23-21-7-2-1-4-18(21)14-22(26-23)24(30)25-19-5-3-6-20(15-19)28-12-10-27(11-13-28)16-17-8-9-17/h1-7,14-15,17H,8-13,16H2,(H,25,30)(H,26,29). The SMILES string of the molecule is O=C(Nc1cccc(N2CCN(CC3CC3)CC2)c1)c1cc2ccccc2c(=O)[nH]1. The summed E-state index contributed by atoms with van der Waals surface area (Å²) < 4.78 is 0. The van der Waals surface area contributed by atoms with Gasteiger partial charge in [0, 0.05) is 49.5 Å². The van der Waals surface area contributed by atoms with E-state index in [0.29, 0.717) is 5.39 Å². The molecule has 0 unspecified atom stereocenters. The molecule has 1 aliphatic carbocycles. The summed E-state index contributed by atoms with van der Waals surface area (Å²) in [4.78, 5) is 32.6. The number of carbonyl (C=O) groups excluding carboxylic acids is 1. The summed E-state index contributed by atoms with van der Waals surface area (Å²) in [6.45, 7) is 5.43. The molecule has 1 amide bonds. The first-order valence-corrected chi connectivity index (χ1v) is 10.7. The van der Waals surface area contributed by atoms with Gasteiger partial charge in [-0.3, -0.25) is 14.5 Å². The van der Waals surface area contributed by atoms with E-state index in [9.17, 15) is 9.59 Å². The normalized spacial score (nSPS) is 17.3. The van der Waals surface area contributed by atoms with Crippen LogP contribution in [0.2, 0.25) is 0 Å². The molecule has 1 aromatic heterocycles. The van der Waals surface area contributed by atoms with Gasteiger partial charge in [0.05, 0.1) is 0 Å². The average Bonchev–Trinajstić information content (AvgIpc) is 3.58. The number of H-pyrrole nitrogens is 1. The quantitative estimate of drug-likeness (QED) is 0.687. The van der Waals surface area contributed by atoms with Crippen LogP contribution in [0.25, 0.3) is 10.8 Å². The molecule has 6 nitrogen and oxygen atoms in total. The predicted octanol–water partition coefficient (Wildman–Crippen LogP) is 3.31. The Hall–Kier alpha value is -3.12. The summed E-state index contributed by atoms with van der Waals surface area (Å²) >= 11 is 0. The maximum absolute atomic E-state index is 12.7. The second-order valence-electron chi connectivity index (χ2n) is 8.33. The number of fused-ring (bicyclic) bond motifs is 1. The number of nitrogens with one attached hydrogen (secondary N) is 2. The zero-order valence-electron chi connectivity index (χ0n) is 16.9. The molecule has 1 saturated heterocycles. The number of benzene rings is 2. The summed E-state index contributed by atoms with van der Waals surface area (Å²) in [6.07, 6.45) is 2.79. The van der Waals surface area contributed by atoms with Crippen LogP contribution < -0.4 is 15.8 Å². The van der Waals surface area contributed by atoms with Crippen molar-refractivity contribution in [3.63, 3.8) is 0 Å². The molecule has 0 bridgehead atoms. The van der Waals surface area contributed by atoms with Gasteiger partial charge in [-0.2, -0.15) is 0 Å². The molecule has 6 heteroatoms. The minimum Gasteiger partial charge on any atom is -0.369 e. The number of rotatable bonds is 5. The fourth-order valence-corrected chi connectivity index (χ4v) is 4.17. The third-order valence-electron chi connectivity index (χ3n) is 6.05. The smallest absolute Gasteiger partial charge is 0.272 e. The number of hydrogen-bond donors (Lipinski definition) is 2. The number of carbonyl (C=O) groups is 1. The van der Waals surface area contributed by atoms with Gasteiger partial charge in [-0.1, -0.05) is 24.3 Å². The molecule has 1 saturated carbocycles. The number of amides is 1. The van der Waals surface area contributed by atoms with Gasteiger partial charge in [0.25, 0.3) is 11.5 Å².